The number of rotatable bonds is 5. The summed E-state index contributed by atoms with van der Waals surface area (Å²) in [4.78, 5) is 0. The summed E-state index contributed by atoms with van der Waals surface area (Å²) in [5.74, 6) is -0.0306. The van der Waals surface area contributed by atoms with Crippen molar-refractivity contribution in [3.8, 4) is 0 Å². The topological polar surface area (TPSA) is 107 Å². The predicted octanol–water partition coefficient (Wildman–Crippen LogP) is 3.33. The molecule has 3 fully saturated rings. The lowest BCUT2D eigenvalue weighted by Gasteiger charge is -2.50. The molecule has 3 aliphatic carbocycles. The quantitative estimate of drug-likeness (QED) is 0.460. The first kappa shape index (κ1) is 28.7. The summed E-state index contributed by atoms with van der Waals surface area (Å²) in [6, 6.07) is 0. The Balaban J connectivity index is 1.51. The molecule has 2 saturated heterocycles. The van der Waals surface area contributed by atoms with Gasteiger partial charge in [0.05, 0.1) is 19.3 Å². The van der Waals surface area contributed by atoms with Gasteiger partial charge in [-0.15, -0.1) is 0 Å². The molecule has 0 bridgehead atoms. The molecule has 0 radical (unpaired) electrons. The molecule has 8 heteroatoms. The summed E-state index contributed by atoms with van der Waals surface area (Å²) in [7, 11) is 1.76. The van der Waals surface area contributed by atoms with Crippen LogP contribution >= 0.6 is 0 Å². The van der Waals surface area contributed by atoms with E-state index in [4.69, 9.17) is 23.7 Å². The Kier molecular flexibility index (Phi) is 7.95. The first-order chi connectivity index (χ1) is 17.9. The first-order valence-electron chi connectivity index (χ1n) is 14.5. The van der Waals surface area contributed by atoms with Crippen molar-refractivity contribution >= 4 is 0 Å². The van der Waals surface area contributed by atoms with Crippen LogP contribution in [0.1, 0.15) is 67.2 Å². The van der Waals surface area contributed by atoms with E-state index in [1.54, 1.807) is 21.0 Å². The van der Waals surface area contributed by atoms with E-state index < -0.39 is 48.7 Å². The van der Waals surface area contributed by atoms with Crippen molar-refractivity contribution in [3.05, 3.63) is 22.8 Å². The van der Waals surface area contributed by atoms with Gasteiger partial charge in [0.2, 0.25) is 0 Å². The third kappa shape index (κ3) is 4.94. The van der Waals surface area contributed by atoms with E-state index in [1.807, 2.05) is 0 Å². The van der Waals surface area contributed by atoms with Crippen LogP contribution in [0.5, 0.6) is 0 Å². The number of aliphatic hydroxyl groups is 3. The fourth-order valence-electron chi connectivity index (χ4n) is 7.76. The van der Waals surface area contributed by atoms with Gasteiger partial charge in [-0.1, -0.05) is 44.9 Å². The minimum absolute atomic E-state index is 0.0558. The molecular weight excluding hydrogens is 488 g/mol. The van der Waals surface area contributed by atoms with Gasteiger partial charge in [0, 0.05) is 18.4 Å². The van der Waals surface area contributed by atoms with E-state index in [1.165, 1.54) is 11.1 Å². The summed E-state index contributed by atoms with van der Waals surface area (Å²) in [6.45, 7) is 13.2. The van der Waals surface area contributed by atoms with Crippen molar-refractivity contribution in [2.75, 3.05) is 20.3 Å². The number of methoxy groups -OCH3 is 1. The van der Waals surface area contributed by atoms with Gasteiger partial charge in [0.25, 0.3) is 0 Å². The van der Waals surface area contributed by atoms with E-state index in [2.05, 4.69) is 33.8 Å². The van der Waals surface area contributed by atoms with Crippen molar-refractivity contribution < 1.29 is 39.0 Å². The lowest BCUT2D eigenvalue weighted by molar-refractivity contribution is -0.387. The van der Waals surface area contributed by atoms with Crippen LogP contribution in [0.4, 0.5) is 0 Å². The van der Waals surface area contributed by atoms with Crippen molar-refractivity contribution in [2.24, 2.45) is 29.1 Å². The average Bonchev–Trinajstić information content (AvgIpc) is 3.40. The Morgan fingerprint density at radius 1 is 1.08 bits per heavy atom. The maximum Gasteiger partial charge on any atom is 0.187 e. The smallest absolute Gasteiger partial charge is 0.187 e. The van der Waals surface area contributed by atoms with E-state index in [0.29, 0.717) is 18.4 Å². The molecule has 5 rings (SSSR count). The zero-order valence-electron chi connectivity index (χ0n) is 24.1. The zero-order valence-corrected chi connectivity index (χ0v) is 24.1. The van der Waals surface area contributed by atoms with Crippen molar-refractivity contribution in [2.45, 2.75) is 116 Å². The van der Waals surface area contributed by atoms with Gasteiger partial charge in [-0.05, 0) is 62.9 Å². The number of allylic oxidation sites excluding steroid dienone is 2. The third-order valence-electron chi connectivity index (χ3n) is 9.86. The van der Waals surface area contributed by atoms with Crippen molar-refractivity contribution in [1.29, 1.82) is 0 Å². The minimum Gasteiger partial charge on any atom is -0.390 e. The Bertz CT molecular complexity index is 941. The number of fused-ring (bicyclic) bond motifs is 3. The van der Waals surface area contributed by atoms with Crippen molar-refractivity contribution in [3.63, 3.8) is 0 Å². The van der Waals surface area contributed by atoms with Crippen LogP contribution in [0, 0.1) is 29.1 Å². The average molecular weight is 537 g/mol. The van der Waals surface area contributed by atoms with E-state index in [0.717, 1.165) is 31.3 Å². The molecule has 38 heavy (non-hydrogen) atoms. The van der Waals surface area contributed by atoms with Gasteiger partial charge in [-0.25, -0.2) is 0 Å². The molecule has 2 aliphatic heterocycles. The Hall–Kier alpha value is -0.840. The molecule has 216 valence electrons. The van der Waals surface area contributed by atoms with Gasteiger partial charge in [0.15, 0.2) is 12.1 Å². The maximum absolute atomic E-state index is 12.0. The molecule has 11 atom stereocenters. The molecule has 0 aromatic rings. The van der Waals surface area contributed by atoms with Crippen LogP contribution in [0.15, 0.2) is 22.8 Å². The predicted molar refractivity (Wildman–Crippen MR) is 141 cm³/mol. The standard InChI is InChI=1S/C30H48O8/c1-15(2)18-10-11-30(6)12-20-17(13-34-7)8-9-19(20)16(3)23(31)27(22(18)30)37-28-25(33)24(32)26-21(36-28)14-35-29(4,5)38-26/h12,15-17,19,21,23-28,31-33H,8-11,13-14H2,1-7H3/t16-,17-,19+,21-,23-,24-,25-,26-,27-,28-,30-/m1/s1. The van der Waals surface area contributed by atoms with Crippen LogP contribution in [0.3, 0.4) is 0 Å². The molecule has 0 aromatic carbocycles. The van der Waals surface area contributed by atoms with Crippen LogP contribution in [-0.4, -0.2) is 84.3 Å². The van der Waals surface area contributed by atoms with Crippen LogP contribution in [0.25, 0.3) is 0 Å². The largest absolute Gasteiger partial charge is 0.390 e. The summed E-state index contributed by atoms with van der Waals surface area (Å²) in [5.41, 5.74) is 3.53. The normalized spacial score (nSPS) is 46.8. The minimum atomic E-state index is -1.32. The Morgan fingerprint density at radius 2 is 1.82 bits per heavy atom. The van der Waals surface area contributed by atoms with Gasteiger partial charge in [-0.2, -0.15) is 0 Å². The first-order valence-corrected chi connectivity index (χ1v) is 14.5. The summed E-state index contributed by atoms with van der Waals surface area (Å²) in [5, 5.41) is 34.1. The molecule has 1 saturated carbocycles. The van der Waals surface area contributed by atoms with Gasteiger partial charge < -0.3 is 39.0 Å². The molecule has 8 nitrogen and oxygen atoms in total. The molecule has 0 aromatic heterocycles. The molecular formula is C30H48O8. The second-order valence-electron chi connectivity index (χ2n) is 13.2. The molecule has 0 unspecified atom stereocenters. The fourth-order valence-corrected chi connectivity index (χ4v) is 7.76. The van der Waals surface area contributed by atoms with Gasteiger partial charge in [0.1, 0.15) is 30.5 Å². The van der Waals surface area contributed by atoms with E-state index in [-0.39, 0.29) is 23.9 Å². The Morgan fingerprint density at radius 3 is 2.50 bits per heavy atom. The van der Waals surface area contributed by atoms with Crippen LogP contribution < -0.4 is 0 Å². The van der Waals surface area contributed by atoms with Crippen molar-refractivity contribution in [1.82, 2.24) is 0 Å². The highest BCUT2D eigenvalue weighted by molar-refractivity contribution is 5.41. The highest BCUT2D eigenvalue weighted by Gasteiger charge is 2.54. The highest BCUT2D eigenvalue weighted by atomic mass is 16.8. The molecule has 2 heterocycles. The summed E-state index contributed by atoms with van der Waals surface area (Å²) < 4.78 is 30.1. The Labute approximate surface area is 227 Å². The SMILES string of the molecule is COC[C@H]1CC[C@@H]2C1=C[C@@]1(C)CCC(C(C)C)=C1[C@@H](O[C@H]1O[C@@H]3COC(C)(C)O[C@H]3[C@H](O)[C@H]1O)[C@H](O)[C@@H]2C. The molecule has 0 amide bonds. The molecule has 3 N–H and O–H groups in total. The van der Waals surface area contributed by atoms with Gasteiger partial charge in [-0.3, -0.25) is 0 Å². The maximum atomic E-state index is 12.0. The number of hydrogen-bond donors (Lipinski definition) is 3. The van der Waals surface area contributed by atoms with Crippen LogP contribution in [-0.2, 0) is 23.7 Å². The second-order valence-corrected chi connectivity index (χ2v) is 13.2. The lowest BCUT2D eigenvalue weighted by Crippen LogP contribution is -2.65. The molecule has 0 spiro atoms. The van der Waals surface area contributed by atoms with Crippen LogP contribution in [0.2, 0.25) is 0 Å². The second kappa shape index (κ2) is 10.5. The van der Waals surface area contributed by atoms with E-state index >= 15 is 0 Å². The fraction of sp³-hybridized carbons (Fsp3) is 0.867. The number of hydrogen-bond acceptors (Lipinski definition) is 8. The summed E-state index contributed by atoms with van der Waals surface area (Å²) in [6.07, 6.45) is -0.00587. The lowest BCUT2D eigenvalue weighted by atomic mass is 9.68. The zero-order chi connectivity index (χ0) is 27.6. The van der Waals surface area contributed by atoms with E-state index in [9.17, 15) is 15.3 Å². The monoisotopic (exact) mass is 536 g/mol. The molecule has 5 aliphatic rings. The highest BCUT2D eigenvalue weighted by Crippen LogP contribution is 2.55. The third-order valence-corrected chi connectivity index (χ3v) is 9.86. The summed E-state index contributed by atoms with van der Waals surface area (Å²) >= 11 is 0. The number of aliphatic hydroxyl groups excluding tert-OH is 3. The number of ether oxygens (including phenoxy) is 5. The van der Waals surface area contributed by atoms with Gasteiger partial charge >= 0.3 is 0 Å².